The molecule has 1 heterocycles. The number of carbonyl (C=O) groups excluding carboxylic acids is 1. The number of non-ortho nitro benzene ring substituents is 1. The van der Waals surface area contributed by atoms with Crippen LogP contribution in [0.15, 0.2) is 18.2 Å². The van der Waals surface area contributed by atoms with Crippen LogP contribution in [0.25, 0.3) is 0 Å². The van der Waals surface area contributed by atoms with Gasteiger partial charge >= 0.3 is 0 Å². The van der Waals surface area contributed by atoms with E-state index in [2.05, 4.69) is 4.90 Å². The molecule has 1 aromatic rings. The van der Waals surface area contributed by atoms with Gasteiger partial charge in [-0.15, -0.1) is 0 Å². The molecule has 1 amide bonds. The molecule has 1 N–H and O–H groups in total. The fourth-order valence-corrected chi connectivity index (χ4v) is 3.01. The summed E-state index contributed by atoms with van der Waals surface area (Å²) in [6.07, 6.45) is 0.852. The minimum absolute atomic E-state index is 0.102. The standard InChI is InChI=1S/C15H20ClN3O4/c1-2-13(10-20)17-3-5-18(6-4-17)15(21)11-7-12(16)9-14(8-11)19(22)23/h7-9,13,20H,2-6,10H2,1H3. The van der Waals surface area contributed by atoms with E-state index in [1.54, 1.807) is 4.90 Å². The van der Waals surface area contributed by atoms with Gasteiger partial charge in [-0.25, -0.2) is 0 Å². The van der Waals surface area contributed by atoms with Crippen LogP contribution >= 0.6 is 11.6 Å². The smallest absolute Gasteiger partial charge is 0.271 e. The topological polar surface area (TPSA) is 86.9 Å². The number of nitro benzene ring substituents is 1. The number of hydrogen-bond donors (Lipinski definition) is 1. The largest absolute Gasteiger partial charge is 0.395 e. The number of benzene rings is 1. The summed E-state index contributed by atoms with van der Waals surface area (Å²) >= 11 is 5.87. The lowest BCUT2D eigenvalue weighted by Gasteiger charge is -2.38. The van der Waals surface area contributed by atoms with Crippen molar-refractivity contribution in [1.82, 2.24) is 9.80 Å². The third-order valence-corrected chi connectivity index (χ3v) is 4.36. The Morgan fingerprint density at radius 2 is 2.00 bits per heavy atom. The lowest BCUT2D eigenvalue weighted by molar-refractivity contribution is -0.384. The fraction of sp³-hybridized carbons (Fsp3) is 0.533. The van der Waals surface area contributed by atoms with Gasteiger partial charge in [0.15, 0.2) is 0 Å². The Balaban J connectivity index is 2.07. The van der Waals surface area contributed by atoms with E-state index >= 15 is 0 Å². The highest BCUT2D eigenvalue weighted by Gasteiger charge is 2.26. The Morgan fingerprint density at radius 3 is 2.52 bits per heavy atom. The highest BCUT2D eigenvalue weighted by molar-refractivity contribution is 6.31. The van der Waals surface area contributed by atoms with Gasteiger partial charge in [0.25, 0.3) is 11.6 Å². The quantitative estimate of drug-likeness (QED) is 0.651. The van der Waals surface area contributed by atoms with E-state index in [4.69, 9.17) is 11.6 Å². The van der Waals surface area contributed by atoms with E-state index in [1.807, 2.05) is 6.92 Å². The van der Waals surface area contributed by atoms with Crippen molar-refractivity contribution in [3.63, 3.8) is 0 Å². The maximum absolute atomic E-state index is 12.5. The predicted molar refractivity (Wildman–Crippen MR) is 86.7 cm³/mol. The normalized spacial score (nSPS) is 17.1. The van der Waals surface area contributed by atoms with Crippen molar-refractivity contribution in [3.8, 4) is 0 Å². The van der Waals surface area contributed by atoms with Gasteiger partial charge < -0.3 is 10.0 Å². The van der Waals surface area contributed by atoms with Crippen molar-refractivity contribution in [3.05, 3.63) is 38.9 Å². The first-order valence-electron chi connectivity index (χ1n) is 7.55. The van der Waals surface area contributed by atoms with Gasteiger partial charge in [-0.3, -0.25) is 19.8 Å². The Morgan fingerprint density at radius 1 is 1.35 bits per heavy atom. The van der Waals surface area contributed by atoms with Crippen LogP contribution in [0.2, 0.25) is 5.02 Å². The minimum atomic E-state index is -0.562. The molecule has 1 unspecified atom stereocenters. The number of amides is 1. The second kappa shape index (κ2) is 7.72. The molecular formula is C15H20ClN3O4. The number of nitro groups is 1. The van der Waals surface area contributed by atoms with E-state index in [0.717, 1.165) is 6.42 Å². The lowest BCUT2D eigenvalue weighted by Crippen LogP contribution is -2.52. The monoisotopic (exact) mass is 341 g/mol. The lowest BCUT2D eigenvalue weighted by atomic mass is 10.1. The summed E-state index contributed by atoms with van der Waals surface area (Å²) in [5.74, 6) is -0.257. The molecule has 0 bridgehead atoms. The number of piperazine rings is 1. The average molecular weight is 342 g/mol. The first kappa shape index (κ1) is 17.7. The molecule has 1 aliphatic rings. The van der Waals surface area contributed by atoms with Crippen molar-refractivity contribution in [2.75, 3.05) is 32.8 Å². The van der Waals surface area contributed by atoms with Crippen LogP contribution < -0.4 is 0 Å². The molecule has 1 aromatic carbocycles. The van der Waals surface area contributed by atoms with Crippen molar-refractivity contribution in [1.29, 1.82) is 0 Å². The number of hydrogen-bond acceptors (Lipinski definition) is 5. The molecule has 0 aromatic heterocycles. The molecule has 23 heavy (non-hydrogen) atoms. The number of nitrogens with zero attached hydrogens (tertiary/aromatic N) is 3. The van der Waals surface area contributed by atoms with Crippen molar-refractivity contribution in [2.24, 2.45) is 0 Å². The van der Waals surface area contributed by atoms with E-state index < -0.39 is 4.92 Å². The fourth-order valence-electron chi connectivity index (χ4n) is 2.78. The molecule has 1 fully saturated rings. The van der Waals surface area contributed by atoms with Crippen LogP contribution in [0.1, 0.15) is 23.7 Å². The number of halogens is 1. The van der Waals surface area contributed by atoms with Crippen LogP contribution in [-0.4, -0.2) is 64.6 Å². The van der Waals surface area contributed by atoms with Gasteiger partial charge in [0, 0.05) is 54.9 Å². The van der Waals surface area contributed by atoms with Gasteiger partial charge in [-0.2, -0.15) is 0 Å². The second-order valence-corrected chi connectivity index (χ2v) is 5.96. The van der Waals surface area contributed by atoms with Gasteiger partial charge in [-0.1, -0.05) is 18.5 Å². The summed E-state index contributed by atoms with van der Waals surface area (Å²) in [6, 6.07) is 4.04. The first-order valence-corrected chi connectivity index (χ1v) is 7.93. The minimum Gasteiger partial charge on any atom is -0.395 e. The van der Waals surface area contributed by atoms with Gasteiger partial charge in [0.2, 0.25) is 0 Å². The van der Waals surface area contributed by atoms with E-state index in [-0.39, 0.29) is 34.8 Å². The summed E-state index contributed by atoms with van der Waals surface area (Å²) in [7, 11) is 0. The third kappa shape index (κ3) is 4.19. The van der Waals surface area contributed by atoms with Crippen molar-refractivity contribution in [2.45, 2.75) is 19.4 Å². The second-order valence-electron chi connectivity index (χ2n) is 5.53. The highest BCUT2D eigenvalue weighted by Crippen LogP contribution is 2.22. The molecule has 0 radical (unpaired) electrons. The Bertz CT molecular complexity index is 584. The molecular weight excluding hydrogens is 322 g/mol. The zero-order valence-corrected chi connectivity index (χ0v) is 13.7. The molecule has 1 atom stereocenters. The maximum Gasteiger partial charge on any atom is 0.271 e. The van der Waals surface area contributed by atoms with Crippen molar-refractivity contribution >= 4 is 23.2 Å². The molecule has 1 aliphatic heterocycles. The SMILES string of the molecule is CCC(CO)N1CCN(C(=O)c2cc(Cl)cc([N+](=O)[O-])c2)CC1. The van der Waals surface area contributed by atoms with Crippen LogP contribution in [0.5, 0.6) is 0 Å². The summed E-state index contributed by atoms with van der Waals surface area (Å²) in [6.45, 7) is 4.51. The molecule has 7 nitrogen and oxygen atoms in total. The molecule has 0 aliphatic carbocycles. The summed E-state index contributed by atoms with van der Waals surface area (Å²) in [5, 5.41) is 20.4. The van der Waals surface area contributed by atoms with E-state index in [1.165, 1.54) is 18.2 Å². The van der Waals surface area contributed by atoms with Gasteiger partial charge in [0.1, 0.15) is 0 Å². The predicted octanol–water partition coefficient (Wildman–Crippen LogP) is 1.78. The summed E-state index contributed by atoms with van der Waals surface area (Å²) in [4.78, 5) is 26.7. The zero-order valence-electron chi connectivity index (χ0n) is 12.9. The zero-order chi connectivity index (χ0) is 17.0. The van der Waals surface area contributed by atoms with Gasteiger partial charge in [0.05, 0.1) is 11.5 Å². The number of aliphatic hydroxyl groups is 1. The molecule has 8 heteroatoms. The number of aliphatic hydroxyl groups excluding tert-OH is 1. The Hall–Kier alpha value is -1.70. The highest BCUT2D eigenvalue weighted by atomic mass is 35.5. The number of rotatable bonds is 5. The summed E-state index contributed by atoms with van der Waals surface area (Å²) in [5.41, 5.74) is 0.0395. The average Bonchev–Trinajstić information content (AvgIpc) is 2.55. The number of carbonyl (C=O) groups is 1. The third-order valence-electron chi connectivity index (χ3n) is 4.14. The van der Waals surface area contributed by atoms with Crippen LogP contribution in [0.4, 0.5) is 5.69 Å². The van der Waals surface area contributed by atoms with E-state index in [9.17, 15) is 20.0 Å². The summed E-state index contributed by atoms with van der Waals surface area (Å²) < 4.78 is 0. The molecule has 2 rings (SSSR count). The molecule has 126 valence electrons. The first-order chi connectivity index (χ1) is 11.0. The van der Waals surface area contributed by atoms with E-state index in [0.29, 0.717) is 26.2 Å². The Labute approximate surface area is 139 Å². The van der Waals surface area contributed by atoms with Crippen LogP contribution in [-0.2, 0) is 0 Å². The van der Waals surface area contributed by atoms with Crippen LogP contribution in [0.3, 0.4) is 0 Å². The maximum atomic E-state index is 12.5. The van der Waals surface area contributed by atoms with Crippen molar-refractivity contribution < 1.29 is 14.8 Å². The molecule has 0 spiro atoms. The molecule has 1 saturated heterocycles. The van der Waals surface area contributed by atoms with Crippen LogP contribution in [0, 0.1) is 10.1 Å². The molecule has 0 saturated carbocycles. The Kier molecular flexibility index (Phi) is 5.92. The van der Waals surface area contributed by atoms with Gasteiger partial charge in [-0.05, 0) is 12.5 Å².